The molecule has 2 rings (SSSR count). The van der Waals surface area contributed by atoms with E-state index in [0.717, 1.165) is 18.2 Å². The van der Waals surface area contributed by atoms with E-state index in [2.05, 4.69) is 4.90 Å². The highest BCUT2D eigenvalue weighted by Crippen LogP contribution is 2.28. The van der Waals surface area contributed by atoms with E-state index < -0.39 is 0 Å². The van der Waals surface area contributed by atoms with Gasteiger partial charge < -0.3 is 10.6 Å². The first kappa shape index (κ1) is 11.4. The Bertz CT molecular complexity index is 361. The monoisotopic (exact) mass is 222 g/mol. The molecular weight excluding hydrogens is 203 g/mol. The highest BCUT2D eigenvalue weighted by molar-refractivity contribution is 5.47. The van der Waals surface area contributed by atoms with Gasteiger partial charge in [0.05, 0.1) is 0 Å². The lowest BCUT2D eigenvalue weighted by Gasteiger charge is -2.31. The molecule has 0 unspecified atom stereocenters. The Morgan fingerprint density at radius 3 is 2.69 bits per heavy atom. The Hall–Kier alpha value is -1.09. The highest BCUT2D eigenvalue weighted by Gasteiger charge is 2.19. The van der Waals surface area contributed by atoms with Crippen molar-refractivity contribution < 1.29 is 4.39 Å². The minimum Gasteiger partial charge on any atom is -0.374 e. The van der Waals surface area contributed by atoms with Crippen molar-refractivity contribution in [3.8, 4) is 0 Å². The molecule has 0 amide bonds. The highest BCUT2D eigenvalue weighted by atomic mass is 19.1. The topological polar surface area (TPSA) is 29.3 Å². The van der Waals surface area contributed by atoms with Crippen molar-refractivity contribution in [1.29, 1.82) is 0 Å². The molecule has 88 valence electrons. The van der Waals surface area contributed by atoms with E-state index in [9.17, 15) is 4.39 Å². The van der Waals surface area contributed by atoms with Gasteiger partial charge in [0, 0.05) is 31.4 Å². The third-order valence-corrected chi connectivity index (χ3v) is 3.45. The number of benzene rings is 1. The molecule has 1 aliphatic rings. The molecular formula is C13H19FN2. The van der Waals surface area contributed by atoms with Gasteiger partial charge in [-0.05, 0) is 30.9 Å². The molecule has 0 saturated heterocycles. The van der Waals surface area contributed by atoms with Gasteiger partial charge in [0.15, 0.2) is 0 Å². The maximum Gasteiger partial charge on any atom is 0.129 e. The Balaban J connectivity index is 2.04. The molecule has 3 heteroatoms. The zero-order valence-electron chi connectivity index (χ0n) is 9.75. The van der Waals surface area contributed by atoms with E-state index in [1.165, 1.54) is 19.3 Å². The number of anilines is 1. The van der Waals surface area contributed by atoms with E-state index in [4.69, 9.17) is 5.73 Å². The standard InChI is InChI=1S/C13H19FN2/c1-16(9-10-3-2-4-10)12-6-5-11(8-15)13(14)7-12/h5-7,10H,2-4,8-9,15H2,1H3. The molecule has 0 aromatic heterocycles. The first-order valence-corrected chi connectivity index (χ1v) is 5.90. The van der Waals surface area contributed by atoms with Crippen LogP contribution in [0.2, 0.25) is 0 Å². The van der Waals surface area contributed by atoms with E-state index in [1.807, 2.05) is 13.1 Å². The Morgan fingerprint density at radius 1 is 1.44 bits per heavy atom. The largest absolute Gasteiger partial charge is 0.374 e. The summed E-state index contributed by atoms with van der Waals surface area (Å²) in [6.45, 7) is 1.29. The molecule has 0 bridgehead atoms. The van der Waals surface area contributed by atoms with E-state index in [1.54, 1.807) is 12.1 Å². The Kier molecular flexibility index (Phi) is 3.44. The second-order valence-corrected chi connectivity index (χ2v) is 4.66. The van der Waals surface area contributed by atoms with E-state index >= 15 is 0 Å². The summed E-state index contributed by atoms with van der Waals surface area (Å²) in [5.74, 6) is 0.600. The SMILES string of the molecule is CN(CC1CCC1)c1ccc(CN)c(F)c1. The maximum absolute atomic E-state index is 13.5. The van der Waals surface area contributed by atoms with Crippen LogP contribution in [0.3, 0.4) is 0 Å². The summed E-state index contributed by atoms with van der Waals surface area (Å²) in [5.41, 5.74) is 6.96. The van der Waals surface area contributed by atoms with Crippen LogP contribution in [-0.2, 0) is 6.54 Å². The predicted octanol–water partition coefficient (Wildman–Crippen LogP) is 2.52. The Labute approximate surface area is 96.2 Å². The summed E-state index contributed by atoms with van der Waals surface area (Å²) in [6.07, 6.45) is 3.97. The van der Waals surface area contributed by atoms with Gasteiger partial charge in [0.2, 0.25) is 0 Å². The summed E-state index contributed by atoms with van der Waals surface area (Å²) in [4.78, 5) is 2.13. The lowest BCUT2D eigenvalue weighted by atomic mass is 9.85. The van der Waals surface area contributed by atoms with Crippen molar-refractivity contribution in [1.82, 2.24) is 0 Å². The molecule has 16 heavy (non-hydrogen) atoms. The number of hydrogen-bond donors (Lipinski definition) is 1. The van der Waals surface area contributed by atoms with E-state index in [0.29, 0.717) is 5.56 Å². The smallest absolute Gasteiger partial charge is 0.129 e. The molecule has 0 heterocycles. The number of rotatable bonds is 4. The van der Waals surface area contributed by atoms with Gasteiger partial charge in [-0.3, -0.25) is 0 Å². The van der Waals surface area contributed by atoms with Crippen LogP contribution >= 0.6 is 0 Å². The summed E-state index contributed by atoms with van der Waals surface area (Å²) in [6, 6.07) is 5.31. The van der Waals surface area contributed by atoms with Gasteiger partial charge in [-0.2, -0.15) is 0 Å². The Morgan fingerprint density at radius 2 is 2.19 bits per heavy atom. The van der Waals surface area contributed by atoms with Crippen molar-refractivity contribution in [2.45, 2.75) is 25.8 Å². The van der Waals surface area contributed by atoms with Crippen LogP contribution in [0.15, 0.2) is 18.2 Å². The van der Waals surface area contributed by atoms with Gasteiger partial charge in [0.25, 0.3) is 0 Å². The summed E-state index contributed by atoms with van der Waals surface area (Å²) in [5, 5.41) is 0. The lowest BCUT2D eigenvalue weighted by Crippen LogP contribution is -2.29. The minimum atomic E-state index is -0.194. The quantitative estimate of drug-likeness (QED) is 0.848. The van der Waals surface area contributed by atoms with Gasteiger partial charge in [-0.1, -0.05) is 12.5 Å². The second kappa shape index (κ2) is 4.83. The van der Waals surface area contributed by atoms with Gasteiger partial charge in [-0.15, -0.1) is 0 Å². The van der Waals surface area contributed by atoms with Crippen molar-refractivity contribution in [3.63, 3.8) is 0 Å². The van der Waals surface area contributed by atoms with E-state index in [-0.39, 0.29) is 12.4 Å². The summed E-state index contributed by atoms with van der Waals surface area (Å²) in [7, 11) is 2.02. The van der Waals surface area contributed by atoms with Gasteiger partial charge in [0.1, 0.15) is 5.82 Å². The normalized spacial score (nSPS) is 15.9. The van der Waals surface area contributed by atoms with Crippen molar-refractivity contribution in [2.24, 2.45) is 11.7 Å². The lowest BCUT2D eigenvalue weighted by molar-refractivity contribution is 0.321. The van der Waals surface area contributed by atoms with Crippen LogP contribution in [0.4, 0.5) is 10.1 Å². The predicted molar refractivity (Wildman–Crippen MR) is 64.9 cm³/mol. The number of halogens is 1. The zero-order chi connectivity index (χ0) is 11.5. The first-order chi connectivity index (χ1) is 7.70. The first-order valence-electron chi connectivity index (χ1n) is 5.90. The molecule has 1 aromatic carbocycles. The molecule has 0 aliphatic heterocycles. The van der Waals surface area contributed by atoms with Crippen molar-refractivity contribution in [2.75, 3.05) is 18.5 Å². The summed E-state index contributed by atoms with van der Waals surface area (Å²) < 4.78 is 13.5. The van der Waals surface area contributed by atoms with Gasteiger partial charge >= 0.3 is 0 Å². The molecule has 0 atom stereocenters. The van der Waals surface area contributed by atoms with Crippen LogP contribution in [0.1, 0.15) is 24.8 Å². The molecule has 0 spiro atoms. The third-order valence-electron chi connectivity index (χ3n) is 3.45. The van der Waals surface area contributed by atoms with Gasteiger partial charge in [-0.25, -0.2) is 4.39 Å². The molecule has 1 aromatic rings. The average molecular weight is 222 g/mol. The van der Waals surface area contributed by atoms with Crippen LogP contribution in [0, 0.1) is 11.7 Å². The minimum absolute atomic E-state index is 0.194. The fourth-order valence-corrected chi connectivity index (χ4v) is 2.11. The zero-order valence-corrected chi connectivity index (χ0v) is 9.75. The number of nitrogens with zero attached hydrogens (tertiary/aromatic N) is 1. The van der Waals surface area contributed by atoms with Crippen molar-refractivity contribution in [3.05, 3.63) is 29.6 Å². The molecule has 2 N–H and O–H groups in total. The molecule has 1 aliphatic carbocycles. The second-order valence-electron chi connectivity index (χ2n) is 4.66. The van der Waals surface area contributed by atoms with Crippen LogP contribution < -0.4 is 10.6 Å². The van der Waals surface area contributed by atoms with Crippen LogP contribution in [-0.4, -0.2) is 13.6 Å². The number of hydrogen-bond acceptors (Lipinski definition) is 2. The molecule has 2 nitrogen and oxygen atoms in total. The van der Waals surface area contributed by atoms with Crippen LogP contribution in [0.25, 0.3) is 0 Å². The maximum atomic E-state index is 13.5. The fourth-order valence-electron chi connectivity index (χ4n) is 2.11. The summed E-state index contributed by atoms with van der Waals surface area (Å²) >= 11 is 0. The fraction of sp³-hybridized carbons (Fsp3) is 0.538. The molecule has 0 radical (unpaired) electrons. The molecule has 1 fully saturated rings. The average Bonchev–Trinajstić information content (AvgIpc) is 2.23. The van der Waals surface area contributed by atoms with Crippen molar-refractivity contribution >= 4 is 5.69 Å². The molecule has 1 saturated carbocycles. The number of nitrogens with two attached hydrogens (primary N) is 1. The van der Waals surface area contributed by atoms with Crippen LogP contribution in [0.5, 0.6) is 0 Å². The third kappa shape index (κ3) is 2.35.